The minimum Gasteiger partial charge on any atom is -0.338 e. The number of rotatable bonds is 2. The SMILES string of the molecule is C[C@H]1CCN1c1nc2c(c(-c3ccc4c(c3)C(=O)N(C)C4)n1)CCC2. The Balaban J connectivity index is 1.64. The molecule has 25 heavy (non-hydrogen) atoms. The first kappa shape index (κ1) is 14.9. The molecule has 0 N–H and O–H groups in total. The van der Waals surface area contributed by atoms with Gasteiger partial charge in [-0.2, -0.15) is 0 Å². The van der Waals surface area contributed by atoms with Gasteiger partial charge in [0.15, 0.2) is 0 Å². The van der Waals surface area contributed by atoms with E-state index in [0.717, 1.165) is 54.1 Å². The minimum atomic E-state index is 0.110. The summed E-state index contributed by atoms with van der Waals surface area (Å²) in [5.41, 5.74) is 6.49. The molecule has 1 fully saturated rings. The van der Waals surface area contributed by atoms with Gasteiger partial charge in [0, 0.05) is 48.6 Å². The zero-order chi connectivity index (χ0) is 17.1. The lowest BCUT2D eigenvalue weighted by molar-refractivity contribution is 0.0816. The highest BCUT2D eigenvalue weighted by Gasteiger charge is 2.30. The molecule has 0 unspecified atom stereocenters. The molecule has 0 bridgehead atoms. The van der Waals surface area contributed by atoms with Crippen LogP contribution < -0.4 is 4.90 Å². The number of carbonyl (C=O) groups is 1. The number of hydrogen-bond donors (Lipinski definition) is 0. The molecule has 1 aromatic heterocycles. The number of fused-ring (bicyclic) bond motifs is 2. The number of anilines is 1. The number of benzene rings is 1. The van der Waals surface area contributed by atoms with Crippen molar-refractivity contribution in [2.45, 2.75) is 45.2 Å². The Hall–Kier alpha value is -2.43. The van der Waals surface area contributed by atoms with Gasteiger partial charge in [-0.3, -0.25) is 4.79 Å². The quantitative estimate of drug-likeness (QED) is 0.847. The zero-order valence-corrected chi connectivity index (χ0v) is 14.7. The van der Waals surface area contributed by atoms with E-state index in [0.29, 0.717) is 12.6 Å². The van der Waals surface area contributed by atoms with Gasteiger partial charge in [0.1, 0.15) is 0 Å². The molecule has 3 aliphatic rings. The summed E-state index contributed by atoms with van der Waals surface area (Å²) in [6.45, 7) is 3.96. The first-order chi connectivity index (χ1) is 12.1. The molecule has 1 amide bonds. The summed E-state index contributed by atoms with van der Waals surface area (Å²) < 4.78 is 0. The molecule has 1 aromatic carbocycles. The van der Waals surface area contributed by atoms with Crippen LogP contribution in [0.25, 0.3) is 11.3 Å². The summed E-state index contributed by atoms with van der Waals surface area (Å²) in [6.07, 6.45) is 4.41. The lowest BCUT2D eigenvalue weighted by Crippen LogP contribution is -2.46. The average Bonchev–Trinajstić information content (AvgIpc) is 3.18. The van der Waals surface area contributed by atoms with Gasteiger partial charge < -0.3 is 9.80 Å². The Morgan fingerprint density at radius 1 is 1.20 bits per heavy atom. The summed E-state index contributed by atoms with van der Waals surface area (Å²) in [7, 11) is 1.85. The highest BCUT2D eigenvalue weighted by molar-refractivity contribution is 5.99. The van der Waals surface area contributed by atoms with Gasteiger partial charge in [0.25, 0.3) is 5.91 Å². The Morgan fingerprint density at radius 3 is 2.84 bits per heavy atom. The highest BCUT2D eigenvalue weighted by atomic mass is 16.2. The van der Waals surface area contributed by atoms with Gasteiger partial charge in [-0.1, -0.05) is 12.1 Å². The fraction of sp³-hybridized carbons (Fsp3) is 0.450. The summed E-state index contributed by atoms with van der Waals surface area (Å²) in [6, 6.07) is 6.75. The van der Waals surface area contributed by atoms with E-state index >= 15 is 0 Å². The van der Waals surface area contributed by atoms with Gasteiger partial charge in [0.2, 0.25) is 5.95 Å². The fourth-order valence-corrected chi connectivity index (χ4v) is 4.19. The van der Waals surface area contributed by atoms with E-state index in [-0.39, 0.29) is 5.91 Å². The summed E-state index contributed by atoms with van der Waals surface area (Å²) in [4.78, 5) is 26.2. The van der Waals surface area contributed by atoms with Crippen LogP contribution in [0.5, 0.6) is 0 Å². The number of aromatic nitrogens is 2. The van der Waals surface area contributed by atoms with Crippen LogP contribution in [0.3, 0.4) is 0 Å². The summed E-state index contributed by atoms with van der Waals surface area (Å²) in [5, 5.41) is 0. The normalized spacial score (nSPS) is 21.4. The van der Waals surface area contributed by atoms with Crippen LogP contribution in [0.15, 0.2) is 18.2 Å². The lowest BCUT2D eigenvalue weighted by atomic mass is 10.00. The third-order valence-electron chi connectivity index (χ3n) is 5.87. The molecule has 0 saturated carbocycles. The third kappa shape index (κ3) is 2.18. The summed E-state index contributed by atoms with van der Waals surface area (Å²) >= 11 is 0. The van der Waals surface area contributed by atoms with E-state index < -0.39 is 0 Å². The molecule has 3 heterocycles. The molecule has 2 aliphatic heterocycles. The van der Waals surface area contributed by atoms with E-state index in [1.807, 2.05) is 13.1 Å². The monoisotopic (exact) mass is 334 g/mol. The van der Waals surface area contributed by atoms with Gasteiger partial charge >= 0.3 is 0 Å². The molecule has 1 aliphatic carbocycles. The number of amides is 1. The van der Waals surface area contributed by atoms with Crippen LogP contribution in [0, 0.1) is 0 Å². The smallest absolute Gasteiger partial charge is 0.254 e. The van der Waals surface area contributed by atoms with Crippen LogP contribution in [0.1, 0.15) is 46.9 Å². The predicted octanol–water partition coefficient (Wildman–Crippen LogP) is 2.82. The molecule has 0 spiro atoms. The first-order valence-electron chi connectivity index (χ1n) is 9.17. The Labute approximate surface area is 147 Å². The van der Waals surface area contributed by atoms with Crippen molar-refractivity contribution in [1.29, 1.82) is 0 Å². The molecule has 1 saturated heterocycles. The molecule has 5 rings (SSSR count). The number of carbonyl (C=O) groups excluding carboxylic acids is 1. The van der Waals surface area contributed by atoms with E-state index in [1.54, 1.807) is 4.90 Å². The Morgan fingerprint density at radius 2 is 2.08 bits per heavy atom. The molecular formula is C20H22N4O. The molecule has 5 nitrogen and oxygen atoms in total. The number of nitrogens with zero attached hydrogens (tertiary/aromatic N) is 4. The maximum atomic E-state index is 12.4. The van der Waals surface area contributed by atoms with E-state index in [9.17, 15) is 4.79 Å². The van der Waals surface area contributed by atoms with Crippen molar-refractivity contribution in [3.05, 3.63) is 40.6 Å². The van der Waals surface area contributed by atoms with Crippen LogP contribution in [0.4, 0.5) is 5.95 Å². The standard InChI is InChI=1S/C20H22N4O/c1-12-8-9-24(12)20-21-17-5-3-4-15(17)18(22-20)13-6-7-14-11-23(2)19(25)16(14)10-13/h6-7,10,12H,3-5,8-9,11H2,1-2H3/t12-/m0/s1. The van der Waals surface area contributed by atoms with Crippen LogP contribution in [-0.2, 0) is 19.4 Å². The molecule has 0 radical (unpaired) electrons. The van der Waals surface area contributed by atoms with Gasteiger partial charge in [-0.05, 0) is 44.2 Å². The number of hydrogen-bond acceptors (Lipinski definition) is 4. The topological polar surface area (TPSA) is 49.3 Å². The van der Waals surface area contributed by atoms with Gasteiger partial charge in [-0.25, -0.2) is 9.97 Å². The second kappa shape index (κ2) is 5.28. The molecular weight excluding hydrogens is 312 g/mol. The van der Waals surface area contributed by atoms with Crippen molar-refractivity contribution >= 4 is 11.9 Å². The largest absolute Gasteiger partial charge is 0.338 e. The van der Waals surface area contributed by atoms with Crippen molar-refractivity contribution in [3.8, 4) is 11.3 Å². The molecule has 128 valence electrons. The first-order valence-corrected chi connectivity index (χ1v) is 9.17. The van der Waals surface area contributed by atoms with E-state index in [4.69, 9.17) is 9.97 Å². The summed E-state index contributed by atoms with van der Waals surface area (Å²) in [5.74, 6) is 0.970. The lowest BCUT2D eigenvalue weighted by Gasteiger charge is -2.39. The molecule has 5 heteroatoms. The maximum Gasteiger partial charge on any atom is 0.254 e. The van der Waals surface area contributed by atoms with E-state index in [1.165, 1.54) is 17.7 Å². The molecule has 1 atom stereocenters. The van der Waals surface area contributed by atoms with E-state index in [2.05, 4.69) is 24.0 Å². The van der Waals surface area contributed by atoms with Crippen LogP contribution >= 0.6 is 0 Å². The van der Waals surface area contributed by atoms with Crippen molar-refractivity contribution in [3.63, 3.8) is 0 Å². The predicted molar refractivity (Wildman–Crippen MR) is 96.7 cm³/mol. The van der Waals surface area contributed by atoms with Crippen molar-refractivity contribution in [2.75, 3.05) is 18.5 Å². The van der Waals surface area contributed by atoms with Crippen LogP contribution in [0.2, 0.25) is 0 Å². The fourth-order valence-electron chi connectivity index (χ4n) is 4.19. The average molecular weight is 334 g/mol. The Bertz CT molecular complexity index is 892. The van der Waals surface area contributed by atoms with Crippen molar-refractivity contribution < 1.29 is 4.79 Å². The highest BCUT2D eigenvalue weighted by Crippen LogP contribution is 2.35. The van der Waals surface area contributed by atoms with Gasteiger partial charge in [0.05, 0.1) is 5.69 Å². The minimum absolute atomic E-state index is 0.110. The number of aryl methyl sites for hydroxylation is 1. The Kier molecular flexibility index (Phi) is 3.14. The maximum absolute atomic E-state index is 12.4. The second-order valence-electron chi connectivity index (χ2n) is 7.52. The zero-order valence-electron chi connectivity index (χ0n) is 14.7. The third-order valence-corrected chi connectivity index (χ3v) is 5.87. The molecule has 2 aromatic rings. The van der Waals surface area contributed by atoms with Crippen molar-refractivity contribution in [1.82, 2.24) is 14.9 Å². The van der Waals surface area contributed by atoms with Crippen molar-refractivity contribution in [2.24, 2.45) is 0 Å². The van der Waals surface area contributed by atoms with Gasteiger partial charge in [-0.15, -0.1) is 0 Å². The second-order valence-corrected chi connectivity index (χ2v) is 7.52. The van der Waals surface area contributed by atoms with Crippen LogP contribution in [-0.4, -0.2) is 40.4 Å².